The van der Waals surface area contributed by atoms with Crippen LogP contribution in [-0.2, 0) is 20.1 Å². The summed E-state index contributed by atoms with van der Waals surface area (Å²) >= 11 is 1.43. The molecule has 1 N–H and O–H groups in total. The smallest absolute Gasteiger partial charge is 0.198 e. The standard InChI is InChI=1S/C17H17FN6OS/c1-23(9-15-20-13-5-3-11(18)7-14(13)21-15)8-12-4-6-16(25-12)26-17-22-19-10-24(17)2/h3-7,10H,8-9H2,1-2H3,(H,20,21). The average Bonchev–Trinajstić information content (AvgIpc) is 3.29. The van der Waals surface area contributed by atoms with E-state index in [0.29, 0.717) is 18.6 Å². The third-order valence-electron chi connectivity index (χ3n) is 3.84. The lowest BCUT2D eigenvalue weighted by atomic mass is 10.3. The number of benzene rings is 1. The summed E-state index contributed by atoms with van der Waals surface area (Å²) in [5.41, 5.74) is 1.46. The van der Waals surface area contributed by atoms with Gasteiger partial charge in [0.2, 0.25) is 0 Å². The van der Waals surface area contributed by atoms with E-state index < -0.39 is 0 Å². The molecular weight excluding hydrogens is 355 g/mol. The van der Waals surface area contributed by atoms with Gasteiger partial charge in [0.15, 0.2) is 10.2 Å². The molecule has 7 nitrogen and oxygen atoms in total. The number of nitrogens with one attached hydrogen (secondary N) is 1. The first-order valence-electron chi connectivity index (χ1n) is 8.00. The lowest BCUT2D eigenvalue weighted by molar-refractivity contribution is 0.272. The Kier molecular flexibility index (Phi) is 4.48. The van der Waals surface area contributed by atoms with Crippen molar-refractivity contribution in [3.63, 3.8) is 0 Å². The number of nitrogens with zero attached hydrogens (tertiary/aromatic N) is 5. The number of hydrogen-bond donors (Lipinski definition) is 1. The molecule has 26 heavy (non-hydrogen) atoms. The summed E-state index contributed by atoms with van der Waals surface area (Å²) in [5, 5.41) is 9.42. The van der Waals surface area contributed by atoms with Gasteiger partial charge in [0, 0.05) is 7.05 Å². The lowest BCUT2D eigenvalue weighted by Crippen LogP contribution is -2.17. The molecule has 0 saturated carbocycles. The van der Waals surface area contributed by atoms with Crippen LogP contribution in [0.4, 0.5) is 4.39 Å². The van der Waals surface area contributed by atoms with E-state index in [-0.39, 0.29) is 5.82 Å². The van der Waals surface area contributed by atoms with Gasteiger partial charge >= 0.3 is 0 Å². The van der Waals surface area contributed by atoms with Crippen molar-refractivity contribution in [1.29, 1.82) is 0 Å². The molecule has 0 aliphatic rings. The van der Waals surface area contributed by atoms with Crippen molar-refractivity contribution in [2.24, 2.45) is 7.05 Å². The van der Waals surface area contributed by atoms with Crippen molar-refractivity contribution >= 4 is 22.8 Å². The van der Waals surface area contributed by atoms with Gasteiger partial charge in [0.1, 0.15) is 23.7 Å². The highest BCUT2D eigenvalue weighted by Gasteiger charge is 2.11. The summed E-state index contributed by atoms with van der Waals surface area (Å²) in [4.78, 5) is 9.71. The summed E-state index contributed by atoms with van der Waals surface area (Å²) in [5.74, 6) is 1.36. The number of halogens is 1. The molecule has 3 aromatic heterocycles. The molecule has 4 rings (SSSR count). The predicted octanol–water partition coefficient (Wildman–Crippen LogP) is 3.21. The van der Waals surface area contributed by atoms with E-state index in [1.807, 2.05) is 30.8 Å². The zero-order valence-corrected chi connectivity index (χ0v) is 15.1. The molecule has 0 saturated heterocycles. The van der Waals surface area contributed by atoms with E-state index in [1.54, 1.807) is 12.4 Å². The van der Waals surface area contributed by atoms with E-state index in [4.69, 9.17) is 4.42 Å². The second-order valence-electron chi connectivity index (χ2n) is 6.06. The van der Waals surface area contributed by atoms with Crippen LogP contribution in [0.15, 0.2) is 51.3 Å². The first kappa shape index (κ1) is 16.8. The number of rotatable bonds is 6. The second-order valence-corrected chi connectivity index (χ2v) is 7.04. The van der Waals surface area contributed by atoms with Gasteiger partial charge in [-0.1, -0.05) is 0 Å². The van der Waals surface area contributed by atoms with Gasteiger partial charge in [-0.25, -0.2) is 9.37 Å². The Bertz CT molecular complexity index is 1040. The Labute approximate surface area is 153 Å². The summed E-state index contributed by atoms with van der Waals surface area (Å²) in [6.45, 7) is 1.23. The molecule has 1 aromatic carbocycles. The highest BCUT2D eigenvalue weighted by Crippen LogP contribution is 2.27. The number of aromatic nitrogens is 5. The fourth-order valence-electron chi connectivity index (χ4n) is 2.64. The fourth-order valence-corrected chi connectivity index (χ4v) is 3.38. The van der Waals surface area contributed by atoms with Gasteiger partial charge in [0.25, 0.3) is 0 Å². The largest absolute Gasteiger partial charge is 0.453 e. The van der Waals surface area contributed by atoms with Gasteiger partial charge in [-0.15, -0.1) is 10.2 Å². The van der Waals surface area contributed by atoms with Crippen LogP contribution >= 0.6 is 11.8 Å². The lowest BCUT2D eigenvalue weighted by Gasteiger charge is -2.13. The summed E-state index contributed by atoms with van der Waals surface area (Å²) in [6, 6.07) is 8.41. The van der Waals surface area contributed by atoms with Crippen molar-refractivity contribution in [3.05, 3.63) is 54.1 Å². The predicted molar refractivity (Wildman–Crippen MR) is 95.1 cm³/mol. The van der Waals surface area contributed by atoms with Crippen molar-refractivity contribution in [1.82, 2.24) is 29.6 Å². The molecular formula is C17H17FN6OS. The van der Waals surface area contributed by atoms with Crippen molar-refractivity contribution in [2.45, 2.75) is 23.3 Å². The van der Waals surface area contributed by atoms with Crippen LogP contribution < -0.4 is 0 Å². The third kappa shape index (κ3) is 3.63. The zero-order valence-electron chi connectivity index (χ0n) is 14.3. The van der Waals surface area contributed by atoms with E-state index in [2.05, 4.69) is 25.1 Å². The average molecular weight is 372 g/mol. The Balaban J connectivity index is 1.39. The van der Waals surface area contributed by atoms with Gasteiger partial charge in [-0.2, -0.15) is 0 Å². The molecule has 0 unspecified atom stereocenters. The molecule has 0 aliphatic carbocycles. The molecule has 3 heterocycles. The minimum absolute atomic E-state index is 0.274. The Morgan fingerprint density at radius 3 is 2.96 bits per heavy atom. The maximum Gasteiger partial charge on any atom is 0.198 e. The SMILES string of the molecule is CN(Cc1nc2ccc(F)cc2[nH]1)Cc1ccc(Sc2nncn2C)o1. The Hall–Kier alpha value is -2.65. The number of aromatic amines is 1. The highest BCUT2D eigenvalue weighted by molar-refractivity contribution is 7.99. The monoisotopic (exact) mass is 372 g/mol. The van der Waals surface area contributed by atoms with Crippen molar-refractivity contribution in [2.75, 3.05) is 7.05 Å². The van der Waals surface area contributed by atoms with Crippen molar-refractivity contribution in [3.8, 4) is 0 Å². The van der Waals surface area contributed by atoms with E-state index in [9.17, 15) is 4.39 Å². The molecule has 134 valence electrons. The molecule has 9 heteroatoms. The maximum atomic E-state index is 13.3. The number of H-pyrrole nitrogens is 1. The number of imidazole rings is 1. The number of furan rings is 1. The summed E-state index contributed by atoms with van der Waals surface area (Å²) in [6.07, 6.45) is 1.65. The molecule has 0 bridgehead atoms. The molecule has 0 amide bonds. The maximum absolute atomic E-state index is 13.3. The molecule has 0 spiro atoms. The van der Waals surface area contributed by atoms with Crippen LogP contribution in [0.5, 0.6) is 0 Å². The zero-order chi connectivity index (χ0) is 18.1. The van der Waals surface area contributed by atoms with Crippen molar-refractivity contribution < 1.29 is 8.81 Å². The number of aryl methyl sites for hydroxylation is 1. The minimum Gasteiger partial charge on any atom is -0.453 e. The number of hydrogen-bond acceptors (Lipinski definition) is 6. The van der Waals surface area contributed by atoms with E-state index in [1.165, 1.54) is 23.9 Å². The first-order chi connectivity index (χ1) is 12.6. The van der Waals surface area contributed by atoms with Gasteiger partial charge in [0.05, 0.1) is 24.1 Å². The van der Waals surface area contributed by atoms with Gasteiger partial charge in [-0.3, -0.25) is 4.90 Å². The molecule has 0 aliphatic heterocycles. The first-order valence-corrected chi connectivity index (χ1v) is 8.82. The summed E-state index contributed by atoms with van der Waals surface area (Å²) in [7, 11) is 3.87. The normalized spacial score (nSPS) is 11.7. The quantitative estimate of drug-likeness (QED) is 0.560. The fraction of sp³-hybridized carbons (Fsp3) is 0.235. The summed E-state index contributed by atoms with van der Waals surface area (Å²) < 4.78 is 21.0. The third-order valence-corrected chi connectivity index (χ3v) is 4.81. The molecule has 0 radical (unpaired) electrons. The van der Waals surface area contributed by atoms with Gasteiger partial charge in [-0.05, 0) is 49.1 Å². The Morgan fingerprint density at radius 2 is 2.15 bits per heavy atom. The highest BCUT2D eigenvalue weighted by atomic mass is 32.2. The minimum atomic E-state index is -0.274. The van der Waals surface area contributed by atoms with Crippen LogP contribution in [0.1, 0.15) is 11.6 Å². The van der Waals surface area contributed by atoms with Crippen LogP contribution in [-0.4, -0.2) is 36.7 Å². The molecule has 0 atom stereocenters. The van der Waals surface area contributed by atoms with E-state index >= 15 is 0 Å². The van der Waals surface area contributed by atoms with Gasteiger partial charge < -0.3 is 14.0 Å². The molecule has 4 aromatic rings. The second kappa shape index (κ2) is 6.93. The van der Waals surface area contributed by atoms with Crippen LogP contribution in [0.3, 0.4) is 0 Å². The van der Waals surface area contributed by atoms with E-state index in [0.717, 1.165) is 27.4 Å². The molecule has 0 fully saturated rings. The topological polar surface area (TPSA) is 75.8 Å². The van der Waals surface area contributed by atoms with Crippen LogP contribution in [0.2, 0.25) is 0 Å². The number of fused-ring (bicyclic) bond motifs is 1. The Morgan fingerprint density at radius 1 is 1.27 bits per heavy atom. The van der Waals surface area contributed by atoms with Crippen LogP contribution in [0, 0.1) is 5.82 Å². The van der Waals surface area contributed by atoms with Crippen LogP contribution in [0.25, 0.3) is 11.0 Å².